The summed E-state index contributed by atoms with van der Waals surface area (Å²) >= 11 is 0. The Balaban J connectivity index is 1.69. The number of nitrogens with zero attached hydrogens (tertiary/aromatic N) is 3. The minimum absolute atomic E-state index is 0.761. The molecule has 2 aliphatic heterocycles. The van der Waals surface area contributed by atoms with Gasteiger partial charge in [0, 0.05) is 19.6 Å². The quantitative estimate of drug-likeness (QED) is 0.625. The Kier molecular flexibility index (Phi) is 5.49. The molecule has 4 nitrogen and oxygen atoms in total. The van der Waals surface area contributed by atoms with E-state index in [0.29, 0.717) is 0 Å². The SMILES string of the molecule is CC1CCCN(C(N)=NCCC2CCN(C)CC2)C1. The normalized spacial score (nSPS) is 27.8. The highest BCUT2D eigenvalue weighted by Gasteiger charge is 2.18. The van der Waals surface area contributed by atoms with Crippen molar-refractivity contribution in [3.05, 3.63) is 0 Å². The van der Waals surface area contributed by atoms with E-state index < -0.39 is 0 Å². The van der Waals surface area contributed by atoms with Gasteiger partial charge in [0.2, 0.25) is 0 Å². The Labute approximate surface area is 118 Å². The average molecular weight is 266 g/mol. The largest absolute Gasteiger partial charge is 0.370 e. The van der Waals surface area contributed by atoms with Crippen LogP contribution in [0.15, 0.2) is 4.99 Å². The predicted molar refractivity (Wildman–Crippen MR) is 81.3 cm³/mol. The van der Waals surface area contributed by atoms with Crippen molar-refractivity contribution < 1.29 is 0 Å². The third-order valence-corrected chi connectivity index (χ3v) is 4.63. The molecule has 2 heterocycles. The van der Waals surface area contributed by atoms with Crippen LogP contribution < -0.4 is 5.73 Å². The third-order valence-electron chi connectivity index (χ3n) is 4.63. The van der Waals surface area contributed by atoms with Gasteiger partial charge in [-0.2, -0.15) is 0 Å². The van der Waals surface area contributed by atoms with Gasteiger partial charge in [-0.1, -0.05) is 6.92 Å². The summed E-state index contributed by atoms with van der Waals surface area (Å²) in [5.74, 6) is 2.39. The van der Waals surface area contributed by atoms with E-state index in [9.17, 15) is 0 Å². The van der Waals surface area contributed by atoms with Crippen molar-refractivity contribution in [3.63, 3.8) is 0 Å². The zero-order valence-corrected chi connectivity index (χ0v) is 12.6. The van der Waals surface area contributed by atoms with E-state index in [0.717, 1.165) is 37.4 Å². The molecule has 2 saturated heterocycles. The van der Waals surface area contributed by atoms with E-state index in [-0.39, 0.29) is 0 Å². The molecule has 0 amide bonds. The fourth-order valence-electron chi connectivity index (χ4n) is 3.21. The molecule has 1 atom stereocenters. The lowest BCUT2D eigenvalue weighted by molar-refractivity contribution is 0.214. The van der Waals surface area contributed by atoms with Crippen molar-refractivity contribution in [1.29, 1.82) is 0 Å². The van der Waals surface area contributed by atoms with Crippen LogP contribution in [0.4, 0.5) is 0 Å². The Hall–Kier alpha value is -0.770. The lowest BCUT2D eigenvalue weighted by atomic mass is 9.94. The highest BCUT2D eigenvalue weighted by Crippen LogP contribution is 2.19. The molecule has 2 aliphatic rings. The first kappa shape index (κ1) is 14.6. The number of likely N-dealkylation sites (tertiary alicyclic amines) is 2. The second-order valence-corrected chi connectivity index (χ2v) is 6.47. The van der Waals surface area contributed by atoms with Crippen LogP contribution in [0, 0.1) is 11.8 Å². The Bertz CT molecular complexity index is 295. The maximum absolute atomic E-state index is 6.12. The number of aliphatic imine (C=N–C) groups is 1. The summed E-state index contributed by atoms with van der Waals surface area (Å²) in [5.41, 5.74) is 6.12. The summed E-state index contributed by atoms with van der Waals surface area (Å²) in [4.78, 5) is 9.29. The molecule has 0 bridgehead atoms. The summed E-state index contributed by atoms with van der Waals surface area (Å²) < 4.78 is 0. The summed E-state index contributed by atoms with van der Waals surface area (Å²) in [5, 5.41) is 0. The number of hydrogen-bond acceptors (Lipinski definition) is 2. The molecule has 19 heavy (non-hydrogen) atoms. The monoisotopic (exact) mass is 266 g/mol. The van der Waals surface area contributed by atoms with Crippen molar-refractivity contribution in [2.24, 2.45) is 22.6 Å². The zero-order chi connectivity index (χ0) is 13.7. The second kappa shape index (κ2) is 7.13. The van der Waals surface area contributed by atoms with Gasteiger partial charge in [0.25, 0.3) is 0 Å². The predicted octanol–water partition coefficient (Wildman–Crippen LogP) is 1.76. The van der Waals surface area contributed by atoms with Gasteiger partial charge in [-0.25, -0.2) is 0 Å². The van der Waals surface area contributed by atoms with Crippen LogP contribution in [0.3, 0.4) is 0 Å². The molecule has 4 heteroatoms. The summed E-state index contributed by atoms with van der Waals surface area (Å²) in [6.07, 6.45) is 6.45. The maximum Gasteiger partial charge on any atom is 0.191 e. The molecule has 0 aromatic heterocycles. The van der Waals surface area contributed by atoms with Gasteiger partial charge in [0.05, 0.1) is 0 Å². The number of hydrogen-bond donors (Lipinski definition) is 1. The van der Waals surface area contributed by atoms with Crippen LogP contribution in [0.5, 0.6) is 0 Å². The molecule has 2 rings (SSSR count). The molecule has 0 saturated carbocycles. The van der Waals surface area contributed by atoms with E-state index in [1.54, 1.807) is 0 Å². The fourth-order valence-corrected chi connectivity index (χ4v) is 3.21. The van der Waals surface area contributed by atoms with Gasteiger partial charge in [-0.3, -0.25) is 4.99 Å². The molecule has 110 valence electrons. The molecule has 0 spiro atoms. The lowest BCUT2D eigenvalue weighted by Crippen LogP contribution is -2.43. The summed E-state index contributed by atoms with van der Waals surface area (Å²) in [6.45, 7) is 7.88. The molecule has 1 unspecified atom stereocenters. The smallest absolute Gasteiger partial charge is 0.191 e. The fraction of sp³-hybridized carbons (Fsp3) is 0.933. The minimum Gasteiger partial charge on any atom is -0.370 e. The van der Waals surface area contributed by atoms with Crippen LogP contribution in [0.25, 0.3) is 0 Å². The van der Waals surface area contributed by atoms with Crippen molar-refractivity contribution in [1.82, 2.24) is 9.80 Å². The molecule has 0 aliphatic carbocycles. The highest BCUT2D eigenvalue weighted by molar-refractivity contribution is 5.78. The van der Waals surface area contributed by atoms with E-state index in [4.69, 9.17) is 5.73 Å². The first-order valence-corrected chi connectivity index (χ1v) is 7.88. The molecule has 2 N–H and O–H groups in total. The standard InChI is InChI=1S/C15H30N4/c1-13-4-3-9-19(12-13)15(16)17-8-5-14-6-10-18(2)11-7-14/h13-14H,3-12H2,1-2H3,(H2,16,17). The number of rotatable bonds is 3. The van der Waals surface area contributed by atoms with E-state index in [1.165, 1.54) is 45.2 Å². The van der Waals surface area contributed by atoms with Gasteiger partial charge < -0.3 is 15.5 Å². The topological polar surface area (TPSA) is 44.9 Å². The van der Waals surface area contributed by atoms with Gasteiger partial charge in [-0.15, -0.1) is 0 Å². The van der Waals surface area contributed by atoms with Crippen LogP contribution >= 0.6 is 0 Å². The van der Waals surface area contributed by atoms with Crippen molar-refractivity contribution in [3.8, 4) is 0 Å². The molecular formula is C15H30N4. The third kappa shape index (κ3) is 4.68. The van der Waals surface area contributed by atoms with Crippen LogP contribution in [-0.4, -0.2) is 55.5 Å². The van der Waals surface area contributed by atoms with E-state index >= 15 is 0 Å². The highest BCUT2D eigenvalue weighted by atomic mass is 15.3. The van der Waals surface area contributed by atoms with Gasteiger partial charge in [0.1, 0.15) is 0 Å². The van der Waals surface area contributed by atoms with Crippen LogP contribution in [0.2, 0.25) is 0 Å². The van der Waals surface area contributed by atoms with Gasteiger partial charge in [-0.05, 0) is 64.1 Å². The second-order valence-electron chi connectivity index (χ2n) is 6.47. The minimum atomic E-state index is 0.761. The molecule has 2 fully saturated rings. The van der Waals surface area contributed by atoms with E-state index in [1.807, 2.05) is 0 Å². The first-order valence-electron chi connectivity index (χ1n) is 7.88. The molecule has 0 radical (unpaired) electrons. The first-order chi connectivity index (χ1) is 9.15. The zero-order valence-electron chi connectivity index (χ0n) is 12.6. The van der Waals surface area contributed by atoms with Crippen LogP contribution in [-0.2, 0) is 0 Å². The average Bonchev–Trinajstić information content (AvgIpc) is 2.41. The maximum atomic E-state index is 6.12. The number of guanidine groups is 1. The Morgan fingerprint density at radius 3 is 2.63 bits per heavy atom. The molecule has 0 aromatic carbocycles. The summed E-state index contributed by atoms with van der Waals surface area (Å²) in [7, 11) is 2.21. The number of piperidine rings is 2. The van der Waals surface area contributed by atoms with Crippen molar-refractivity contribution in [2.45, 2.75) is 39.0 Å². The van der Waals surface area contributed by atoms with E-state index in [2.05, 4.69) is 28.8 Å². The lowest BCUT2D eigenvalue weighted by Gasteiger charge is -2.32. The summed E-state index contributed by atoms with van der Waals surface area (Å²) in [6, 6.07) is 0. The Morgan fingerprint density at radius 2 is 1.95 bits per heavy atom. The number of nitrogens with two attached hydrogens (primary N) is 1. The van der Waals surface area contributed by atoms with Crippen molar-refractivity contribution >= 4 is 5.96 Å². The van der Waals surface area contributed by atoms with Crippen LogP contribution in [0.1, 0.15) is 39.0 Å². The Morgan fingerprint density at radius 1 is 1.21 bits per heavy atom. The van der Waals surface area contributed by atoms with Crippen molar-refractivity contribution in [2.75, 3.05) is 39.8 Å². The van der Waals surface area contributed by atoms with Gasteiger partial charge >= 0.3 is 0 Å². The molecule has 0 aromatic rings. The molecular weight excluding hydrogens is 236 g/mol. The van der Waals surface area contributed by atoms with Gasteiger partial charge in [0.15, 0.2) is 5.96 Å².